The minimum atomic E-state index is 0.882. The Kier molecular flexibility index (Phi) is 8.17. The van der Waals surface area contributed by atoms with Crippen LogP contribution in [0.5, 0.6) is 0 Å². The lowest BCUT2D eigenvalue weighted by atomic mass is 9.96. The average Bonchev–Trinajstić information content (AvgIpc) is 3.90. The summed E-state index contributed by atoms with van der Waals surface area (Å²) in [6, 6.07) is 80.1. The number of fused-ring (bicyclic) bond motifs is 7. The minimum Gasteiger partial charge on any atom is -0.456 e. The van der Waals surface area contributed by atoms with E-state index in [0.29, 0.717) is 0 Å². The van der Waals surface area contributed by atoms with Crippen LogP contribution in [0.25, 0.3) is 99.2 Å². The van der Waals surface area contributed by atoms with Gasteiger partial charge in [0.05, 0.1) is 5.69 Å². The molecule has 10 aromatic carbocycles. The van der Waals surface area contributed by atoms with Crippen molar-refractivity contribution in [3.05, 3.63) is 224 Å². The van der Waals surface area contributed by atoms with Crippen molar-refractivity contribution in [3.63, 3.8) is 0 Å². The molecular formula is C58H37NO2. The summed E-state index contributed by atoms with van der Waals surface area (Å²) >= 11 is 0. The molecule has 0 atom stereocenters. The van der Waals surface area contributed by atoms with Crippen LogP contribution in [0.4, 0.5) is 17.1 Å². The normalized spacial score (nSPS) is 11.6. The molecule has 0 saturated carbocycles. The van der Waals surface area contributed by atoms with E-state index in [1.165, 1.54) is 21.9 Å². The number of furan rings is 2. The maximum absolute atomic E-state index is 6.46. The summed E-state index contributed by atoms with van der Waals surface area (Å²) < 4.78 is 12.7. The molecule has 0 aliphatic carbocycles. The SMILES string of the molecule is c1cc(-c2cccc(N(c3ccc(-c4cccc5c4oc4ccccc45)cc3)c3ccccc3-c3ccc4oc5ccccc5c4c3)c2)cc(-c2ccc3ccccc3c2)c1. The van der Waals surface area contributed by atoms with E-state index in [0.717, 1.165) is 94.3 Å². The van der Waals surface area contributed by atoms with E-state index in [2.05, 4.69) is 205 Å². The van der Waals surface area contributed by atoms with Gasteiger partial charge in [0.2, 0.25) is 0 Å². The monoisotopic (exact) mass is 779 g/mol. The highest BCUT2D eigenvalue weighted by Crippen LogP contribution is 2.44. The average molecular weight is 780 g/mol. The van der Waals surface area contributed by atoms with Crippen molar-refractivity contribution >= 4 is 71.7 Å². The highest BCUT2D eigenvalue weighted by molar-refractivity contribution is 6.10. The van der Waals surface area contributed by atoms with Gasteiger partial charge in [0.15, 0.2) is 0 Å². The second-order valence-electron chi connectivity index (χ2n) is 15.7. The van der Waals surface area contributed by atoms with Crippen molar-refractivity contribution in [2.24, 2.45) is 0 Å². The van der Waals surface area contributed by atoms with E-state index >= 15 is 0 Å². The van der Waals surface area contributed by atoms with Gasteiger partial charge in [-0.1, -0.05) is 158 Å². The van der Waals surface area contributed by atoms with Gasteiger partial charge in [0, 0.05) is 44.0 Å². The lowest BCUT2D eigenvalue weighted by Gasteiger charge is -2.28. The quantitative estimate of drug-likeness (QED) is 0.161. The van der Waals surface area contributed by atoms with E-state index in [4.69, 9.17) is 8.83 Å². The Morgan fingerprint density at radius 3 is 1.69 bits per heavy atom. The molecule has 0 aliphatic heterocycles. The first-order valence-electron chi connectivity index (χ1n) is 20.7. The van der Waals surface area contributed by atoms with Gasteiger partial charge in [0.25, 0.3) is 0 Å². The van der Waals surface area contributed by atoms with Crippen LogP contribution in [-0.4, -0.2) is 0 Å². The molecule has 0 unspecified atom stereocenters. The summed E-state index contributed by atoms with van der Waals surface area (Å²) in [6.07, 6.45) is 0. The zero-order valence-electron chi connectivity index (χ0n) is 33.1. The standard InChI is InChI=1S/C58H37NO2/c1-2-13-40-34-44(27-26-38(40)12-1)42-15-9-14-41(35-42)43-16-10-17-47(36-43)59(46-31-28-39(29-32-46)49-21-11-22-52-50-19-4-8-25-56(50)61-58(49)52)54-23-6-3-18-48(54)45-30-33-57-53(37-45)51-20-5-7-24-55(51)60-57/h1-37H. The molecule has 2 aromatic heterocycles. The molecule has 61 heavy (non-hydrogen) atoms. The van der Waals surface area contributed by atoms with E-state index < -0.39 is 0 Å². The first-order chi connectivity index (χ1) is 30.2. The zero-order valence-corrected chi connectivity index (χ0v) is 33.1. The second kappa shape index (κ2) is 14.3. The van der Waals surface area contributed by atoms with Gasteiger partial charge < -0.3 is 13.7 Å². The van der Waals surface area contributed by atoms with Gasteiger partial charge >= 0.3 is 0 Å². The van der Waals surface area contributed by atoms with Gasteiger partial charge in [0.1, 0.15) is 22.3 Å². The maximum atomic E-state index is 6.46. The maximum Gasteiger partial charge on any atom is 0.143 e. The van der Waals surface area contributed by atoms with Crippen LogP contribution < -0.4 is 4.90 Å². The molecule has 0 saturated heterocycles. The topological polar surface area (TPSA) is 29.5 Å². The number of para-hydroxylation sites is 4. The molecule has 0 spiro atoms. The molecule has 12 aromatic rings. The number of nitrogens with zero attached hydrogens (tertiary/aromatic N) is 1. The van der Waals surface area contributed by atoms with E-state index in [-0.39, 0.29) is 0 Å². The lowest BCUT2D eigenvalue weighted by molar-refractivity contribution is 0.669. The summed E-state index contributed by atoms with van der Waals surface area (Å²) in [5.74, 6) is 0. The molecule has 0 amide bonds. The summed E-state index contributed by atoms with van der Waals surface area (Å²) in [7, 11) is 0. The fourth-order valence-electron chi connectivity index (χ4n) is 9.07. The van der Waals surface area contributed by atoms with Crippen LogP contribution in [0.1, 0.15) is 0 Å². The second-order valence-corrected chi connectivity index (χ2v) is 15.7. The third kappa shape index (κ3) is 6.06. The number of anilines is 3. The van der Waals surface area contributed by atoms with Crippen LogP contribution in [0.2, 0.25) is 0 Å². The third-order valence-corrected chi connectivity index (χ3v) is 12.1. The molecule has 286 valence electrons. The Bertz CT molecular complexity index is 3610. The fourth-order valence-corrected chi connectivity index (χ4v) is 9.07. The molecule has 0 bridgehead atoms. The summed E-state index contributed by atoms with van der Waals surface area (Å²) in [4.78, 5) is 2.38. The number of benzene rings is 10. The highest BCUT2D eigenvalue weighted by atomic mass is 16.3. The Hall–Kier alpha value is -8.14. The molecule has 0 fully saturated rings. The van der Waals surface area contributed by atoms with Gasteiger partial charge in [-0.15, -0.1) is 0 Å². The number of rotatable bonds is 7. The molecule has 2 heterocycles. The fraction of sp³-hybridized carbons (Fsp3) is 0. The smallest absolute Gasteiger partial charge is 0.143 e. The van der Waals surface area contributed by atoms with Gasteiger partial charge in [-0.25, -0.2) is 0 Å². The summed E-state index contributed by atoms with van der Waals surface area (Å²) in [6.45, 7) is 0. The largest absolute Gasteiger partial charge is 0.456 e. The van der Waals surface area contributed by atoms with E-state index in [9.17, 15) is 0 Å². The van der Waals surface area contributed by atoms with Crippen molar-refractivity contribution in [3.8, 4) is 44.5 Å². The first-order valence-corrected chi connectivity index (χ1v) is 20.7. The van der Waals surface area contributed by atoms with E-state index in [1.807, 2.05) is 24.3 Å². The van der Waals surface area contributed by atoms with E-state index in [1.54, 1.807) is 0 Å². The minimum absolute atomic E-state index is 0.882. The molecule has 12 rings (SSSR count). The van der Waals surface area contributed by atoms with Gasteiger partial charge in [-0.2, -0.15) is 0 Å². The molecule has 3 nitrogen and oxygen atoms in total. The van der Waals surface area contributed by atoms with Crippen LogP contribution in [0.15, 0.2) is 233 Å². The molecular weight excluding hydrogens is 743 g/mol. The van der Waals surface area contributed by atoms with Crippen molar-refractivity contribution in [1.29, 1.82) is 0 Å². The zero-order chi connectivity index (χ0) is 40.3. The van der Waals surface area contributed by atoms with Crippen LogP contribution >= 0.6 is 0 Å². The Morgan fingerprint density at radius 1 is 0.279 bits per heavy atom. The Balaban J connectivity index is 0.997. The molecule has 3 heteroatoms. The first kappa shape index (κ1) is 34.9. The predicted molar refractivity (Wildman–Crippen MR) is 255 cm³/mol. The highest BCUT2D eigenvalue weighted by Gasteiger charge is 2.20. The number of hydrogen-bond donors (Lipinski definition) is 0. The van der Waals surface area contributed by atoms with Crippen molar-refractivity contribution in [2.75, 3.05) is 4.90 Å². The molecule has 0 N–H and O–H groups in total. The lowest BCUT2D eigenvalue weighted by Crippen LogP contribution is -2.11. The van der Waals surface area contributed by atoms with Crippen LogP contribution in [-0.2, 0) is 0 Å². The molecule has 0 radical (unpaired) electrons. The van der Waals surface area contributed by atoms with Crippen LogP contribution in [0.3, 0.4) is 0 Å². The van der Waals surface area contributed by atoms with Crippen LogP contribution in [0, 0.1) is 0 Å². The summed E-state index contributed by atoms with van der Waals surface area (Å²) in [5.41, 5.74) is 15.8. The van der Waals surface area contributed by atoms with Crippen molar-refractivity contribution in [2.45, 2.75) is 0 Å². The molecule has 0 aliphatic rings. The summed E-state index contributed by atoms with van der Waals surface area (Å²) in [5, 5.41) is 6.95. The Morgan fingerprint density at radius 2 is 0.852 bits per heavy atom. The van der Waals surface area contributed by atoms with Gasteiger partial charge in [-0.05, 0) is 111 Å². The van der Waals surface area contributed by atoms with Gasteiger partial charge in [-0.3, -0.25) is 0 Å². The Labute approximate surface area is 353 Å². The third-order valence-electron chi connectivity index (χ3n) is 12.1. The van der Waals surface area contributed by atoms with Crippen molar-refractivity contribution in [1.82, 2.24) is 0 Å². The number of hydrogen-bond acceptors (Lipinski definition) is 3. The van der Waals surface area contributed by atoms with Crippen molar-refractivity contribution < 1.29 is 8.83 Å². The predicted octanol–water partition coefficient (Wildman–Crippen LogP) is 16.8.